The van der Waals surface area contributed by atoms with Crippen LogP contribution < -0.4 is 0 Å². The van der Waals surface area contributed by atoms with E-state index in [9.17, 15) is 21.6 Å². The smallest absolute Gasteiger partial charge is 0.258 e. The molecular formula is C36H40F5O3S2+. The molecule has 4 aromatic carbocycles. The monoisotopic (exact) mass is 679 g/mol. The van der Waals surface area contributed by atoms with Crippen molar-refractivity contribution in [1.29, 1.82) is 0 Å². The quantitative estimate of drug-likeness (QED) is 0.0669. The van der Waals surface area contributed by atoms with Crippen molar-refractivity contribution < 1.29 is 34.0 Å². The van der Waals surface area contributed by atoms with E-state index in [-0.39, 0.29) is 16.2 Å². The van der Waals surface area contributed by atoms with Gasteiger partial charge in [-0.05, 0) is 69.3 Å². The van der Waals surface area contributed by atoms with Gasteiger partial charge in [0.15, 0.2) is 23.3 Å². The van der Waals surface area contributed by atoms with Gasteiger partial charge in [0.25, 0.3) is 0 Å². The van der Waals surface area contributed by atoms with E-state index in [2.05, 4.69) is 3.63 Å². The predicted octanol–water partition coefficient (Wildman–Crippen LogP) is 11.0. The van der Waals surface area contributed by atoms with Crippen LogP contribution in [0.2, 0.25) is 0 Å². The summed E-state index contributed by atoms with van der Waals surface area (Å²) in [4.78, 5) is -0.829. The third-order valence-electron chi connectivity index (χ3n) is 7.82. The Morgan fingerprint density at radius 2 is 0.674 bits per heavy atom. The Balaban J connectivity index is 2.13. The highest BCUT2D eigenvalue weighted by molar-refractivity contribution is 8.32. The molecule has 248 valence electrons. The summed E-state index contributed by atoms with van der Waals surface area (Å²) in [7, 11) is -8.87. The number of rotatable bonds is 6. The molecule has 0 atom stereocenters. The highest BCUT2D eigenvalue weighted by atomic mass is 32.3. The summed E-state index contributed by atoms with van der Waals surface area (Å²) in [5.74, 6) is -12.1. The van der Waals surface area contributed by atoms with E-state index in [1.807, 2.05) is 98.7 Å². The average molecular weight is 680 g/mol. The van der Waals surface area contributed by atoms with Crippen LogP contribution >= 0.6 is 10.3 Å². The molecule has 0 fully saturated rings. The summed E-state index contributed by atoms with van der Waals surface area (Å²) in [6.07, 6.45) is 0. The van der Waals surface area contributed by atoms with Gasteiger partial charge in [0.1, 0.15) is 0 Å². The van der Waals surface area contributed by atoms with Crippen LogP contribution in [0.4, 0.5) is 22.0 Å². The third kappa shape index (κ3) is 6.62. The lowest BCUT2D eigenvalue weighted by atomic mass is 9.87. The van der Waals surface area contributed by atoms with Gasteiger partial charge in [-0.1, -0.05) is 98.7 Å². The molecule has 0 unspecified atom stereocenters. The van der Waals surface area contributed by atoms with Crippen molar-refractivity contribution in [3.63, 3.8) is 0 Å². The number of hydrogen-bond acceptors (Lipinski definition) is 2. The molecule has 0 aliphatic heterocycles. The molecule has 0 aromatic heterocycles. The average Bonchev–Trinajstić information content (AvgIpc) is 2.97. The largest absolute Gasteiger partial charge is 0.428 e. The number of halogens is 5. The molecule has 0 amide bonds. The zero-order chi connectivity index (χ0) is 34.6. The Labute approximate surface area is 270 Å². The summed E-state index contributed by atoms with van der Waals surface area (Å²) in [5.41, 5.74) is 1.99. The minimum absolute atomic E-state index is 0.266. The van der Waals surface area contributed by atoms with Crippen LogP contribution in [0.5, 0.6) is 0 Å². The molecule has 1 N–H and O–H groups in total. The molecule has 0 saturated heterocycles. The molecule has 4 rings (SSSR count). The van der Waals surface area contributed by atoms with E-state index in [1.54, 1.807) is 36.4 Å². The first-order chi connectivity index (χ1) is 21.0. The van der Waals surface area contributed by atoms with Gasteiger partial charge < -0.3 is 0 Å². The van der Waals surface area contributed by atoms with E-state index >= 15 is 8.78 Å². The lowest BCUT2D eigenvalue weighted by molar-refractivity contribution is 0.338. The highest BCUT2D eigenvalue weighted by Gasteiger charge is 2.47. The van der Waals surface area contributed by atoms with Crippen LogP contribution in [0.1, 0.15) is 79.0 Å². The summed E-state index contributed by atoms with van der Waals surface area (Å²) in [6, 6.07) is 21.2. The molecule has 0 bridgehead atoms. The first-order valence-electron chi connectivity index (χ1n) is 14.7. The lowest BCUT2D eigenvalue weighted by Crippen LogP contribution is -2.23. The Kier molecular flexibility index (Phi) is 9.38. The van der Waals surface area contributed by atoms with Gasteiger partial charge in [0.2, 0.25) is 10.7 Å². The van der Waals surface area contributed by atoms with E-state index in [4.69, 9.17) is 0 Å². The molecule has 3 nitrogen and oxygen atoms in total. The zero-order valence-corrected chi connectivity index (χ0v) is 29.0. The van der Waals surface area contributed by atoms with Gasteiger partial charge in [0.05, 0.1) is 25.0 Å². The van der Waals surface area contributed by atoms with Gasteiger partial charge in [-0.15, -0.1) is 8.42 Å². The van der Waals surface area contributed by atoms with Crippen LogP contribution in [0.3, 0.4) is 0 Å². The Morgan fingerprint density at radius 1 is 0.435 bits per heavy atom. The van der Waals surface area contributed by atoms with Crippen LogP contribution in [-0.4, -0.2) is 12.0 Å². The summed E-state index contributed by atoms with van der Waals surface area (Å²) in [6.45, 7) is 18.1. The third-order valence-corrected chi connectivity index (χ3v) is 13.2. The molecule has 0 aliphatic rings. The Morgan fingerprint density at radius 3 is 0.913 bits per heavy atom. The molecule has 10 heteroatoms. The van der Waals surface area contributed by atoms with E-state index < -0.39 is 54.4 Å². The Bertz CT molecular complexity index is 1680. The fourth-order valence-corrected chi connectivity index (χ4v) is 10.5. The molecule has 0 radical (unpaired) electrons. The Hall–Kier alpha value is -3.21. The fourth-order valence-electron chi connectivity index (χ4n) is 4.99. The molecule has 4 aromatic rings. The van der Waals surface area contributed by atoms with Gasteiger partial charge >= 0.3 is 10.1 Å². The molecule has 0 heterocycles. The van der Waals surface area contributed by atoms with Gasteiger partial charge in [0, 0.05) is 0 Å². The number of hydrogen-bond donors (Lipinski definition) is 0. The van der Waals surface area contributed by atoms with Crippen molar-refractivity contribution in [3.8, 4) is 0 Å². The van der Waals surface area contributed by atoms with Gasteiger partial charge in [-0.2, -0.15) is 0 Å². The maximum absolute atomic E-state index is 15.1. The van der Waals surface area contributed by atoms with Crippen molar-refractivity contribution in [2.75, 3.05) is 0 Å². The SMILES string of the molecule is CC(C)(C)c1ccc(S([OH+]S(=O)(=O)c2c(F)c(F)c(F)c(F)c2F)(c2ccc(C(C)(C)C)cc2)c2ccc(C(C)(C)C)cc2)cc1. The van der Waals surface area contributed by atoms with Crippen LogP contribution in [-0.2, 0) is 26.4 Å². The van der Waals surface area contributed by atoms with Crippen molar-refractivity contribution in [1.82, 2.24) is 0 Å². The summed E-state index contributed by atoms with van der Waals surface area (Å²) in [5, 5.41) is 0. The minimum Gasteiger partial charge on any atom is -0.258 e. The molecular weight excluding hydrogens is 640 g/mol. The first kappa shape index (κ1) is 35.6. The van der Waals surface area contributed by atoms with Crippen LogP contribution in [0.15, 0.2) is 92.4 Å². The first-order valence-corrected chi connectivity index (χ1v) is 17.7. The molecule has 46 heavy (non-hydrogen) atoms. The topological polar surface area (TPSA) is 46.9 Å². The molecule has 0 aliphatic carbocycles. The maximum Gasteiger partial charge on any atom is 0.428 e. The summed E-state index contributed by atoms with van der Waals surface area (Å²) < 4.78 is 105. The van der Waals surface area contributed by atoms with Crippen molar-refractivity contribution >= 4 is 20.4 Å². The lowest BCUT2D eigenvalue weighted by Gasteiger charge is -2.36. The van der Waals surface area contributed by atoms with E-state index in [0.717, 1.165) is 16.7 Å². The molecule has 0 spiro atoms. The van der Waals surface area contributed by atoms with Crippen molar-refractivity contribution in [3.05, 3.63) is 119 Å². The number of benzene rings is 4. The normalized spacial score (nSPS) is 13.6. The van der Waals surface area contributed by atoms with Gasteiger partial charge in [-0.3, -0.25) is 3.63 Å². The second kappa shape index (κ2) is 12.1. The van der Waals surface area contributed by atoms with Crippen LogP contribution in [0, 0.1) is 29.1 Å². The second-order valence-corrected chi connectivity index (χ2v) is 18.9. The predicted molar refractivity (Wildman–Crippen MR) is 174 cm³/mol. The van der Waals surface area contributed by atoms with Crippen molar-refractivity contribution in [2.45, 2.75) is 98.1 Å². The summed E-state index contributed by atoms with van der Waals surface area (Å²) >= 11 is 0. The van der Waals surface area contributed by atoms with E-state index in [1.165, 1.54) is 0 Å². The highest BCUT2D eigenvalue weighted by Crippen LogP contribution is 2.69. The fraction of sp³-hybridized carbons (Fsp3) is 0.333. The van der Waals surface area contributed by atoms with Gasteiger partial charge in [-0.25, -0.2) is 22.0 Å². The maximum atomic E-state index is 15.1. The zero-order valence-electron chi connectivity index (χ0n) is 27.4. The van der Waals surface area contributed by atoms with Crippen molar-refractivity contribution in [2.24, 2.45) is 0 Å². The van der Waals surface area contributed by atoms with E-state index in [0.29, 0.717) is 14.7 Å². The second-order valence-electron chi connectivity index (χ2n) is 14.4. The van der Waals surface area contributed by atoms with Crippen LogP contribution in [0.25, 0.3) is 0 Å². The minimum atomic E-state index is -5.54. The molecule has 0 saturated carbocycles. The standard InChI is InChI=1S/C36H39F5O3S2/c1-34(2,3)22-10-16-25(17-11-22)45(26-18-12-23(13-19-26)35(4,5)6,27-20-14-24(15-21-27)36(7,8)9)44-46(42,43)33-31(40)29(38)28(37)30(39)32(33)41/h10-21H,1-9H3/p+1.